The fraction of sp³-hybridized carbons (Fsp3) is 0.267. The number of dihydropyridines is 1. The third-order valence-electron chi connectivity index (χ3n) is 7.45. The zero-order valence-corrected chi connectivity index (χ0v) is 25.0. The van der Waals surface area contributed by atoms with Crippen LogP contribution in [0.1, 0.15) is 18.5 Å². The number of nitrogens with zero attached hydrogens (tertiary/aromatic N) is 5. The van der Waals surface area contributed by atoms with Crippen molar-refractivity contribution in [2.24, 2.45) is 10.7 Å². The first-order valence-corrected chi connectivity index (χ1v) is 15.7. The van der Waals surface area contributed by atoms with Crippen LogP contribution in [0.15, 0.2) is 82.8 Å². The van der Waals surface area contributed by atoms with Crippen molar-refractivity contribution in [3.8, 4) is 22.8 Å². The van der Waals surface area contributed by atoms with Gasteiger partial charge in [0.1, 0.15) is 23.8 Å². The second kappa shape index (κ2) is 12.3. The first-order chi connectivity index (χ1) is 20.8. The molecule has 4 N–H and O–H groups in total. The normalized spacial score (nSPS) is 21.0. The summed E-state index contributed by atoms with van der Waals surface area (Å²) >= 11 is 5.96. The number of hydrogen-bond acceptors (Lipinski definition) is 9. The summed E-state index contributed by atoms with van der Waals surface area (Å²) in [5, 5.41) is 3.83. The lowest BCUT2D eigenvalue weighted by molar-refractivity contribution is 0.120. The van der Waals surface area contributed by atoms with Crippen LogP contribution in [0.2, 0.25) is 5.02 Å². The Balaban J connectivity index is 1.28. The summed E-state index contributed by atoms with van der Waals surface area (Å²) in [6.45, 7) is 0.720. The standard InChI is InChI=1S/C30H31ClN8O3S/c1-42-25-16-20(17-34-28(25)32)26-27(38-29(37-26)19-6-3-2-4-7-19)24-13-14-33-30(36-24)35-22-8-5-15-39(18-22)43(40,41)23-11-9-21(31)10-12-23/h2-4,6-7,9-14,16-17,22,25,28H,5,8,15,18,32H2,1H3,(H,37,38)(H,33,35,36)/t22-,25?,28?/m0/s1. The number of aromatic amines is 1. The van der Waals surface area contributed by atoms with Crippen LogP contribution in [0.25, 0.3) is 28.3 Å². The smallest absolute Gasteiger partial charge is 0.243 e. The molecule has 43 heavy (non-hydrogen) atoms. The van der Waals surface area contributed by atoms with Crippen molar-refractivity contribution in [2.75, 3.05) is 25.5 Å². The molecule has 1 saturated heterocycles. The van der Waals surface area contributed by atoms with Crippen molar-refractivity contribution in [3.63, 3.8) is 0 Å². The summed E-state index contributed by atoms with van der Waals surface area (Å²) in [4.78, 5) is 22.2. The molecule has 4 heterocycles. The molecule has 2 aliphatic heterocycles. The molecule has 2 aliphatic rings. The van der Waals surface area contributed by atoms with E-state index in [0.717, 1.165) is 23.3 Å². The van der Waals surface area contributed by atoms with Crippen LogP contribution < -0.4 is 11.1 Å². The number of nitrogens with two attached hydrogens (primary N) is 1. The Morgan fingerprint density at radius 1 is 1.09 bits per heavy atom. The van der Waals surface area contributed by atoms with Gasteiger partial charge < -0.3 is 20.8 Å². The van der Waals surface area contributed by atoms with Gasteiger partial charge in [-0.2, -0.15) is 4.31 Å². The molecule has 222 valence electrons. The van der Waals surface area contributed by atoms with E-state index in [1.54, 1.807) is 37.7 Å². The van der Waals surface area contributed by atoms with Crippen molar-refractivity contribution < 1.29 is 13.2 Å². The Bertz CT molecular complexity index is 1760. The van der Waals surface area contributed by atoms with Gasteiger partial charge in [0.2, 0.25) is 16.0 Å². The van der Waals surface area contributed by atoms with E-state index in [4.69, 9.17) is 32.0 Å². The van der Waals surface area contributed by atoms with Crippen molar-refractivity contribution in [3.05, 3.63) is 83.7 Å². The fourth-order valence-electron chi connectivity index (χ4n) is 5.20. The molecule has 0 amide bonds. The van der Waals surface area contributed by atoms with Gasteiger partial charge in [0.15, 0.2) is 0 Å². The number of nitrogens with one attached hydrogen (secondary N) is 2. The lowest BCUT2D eigenvalue weighted by Gasteiger charge is -2.32. The van der Waals surface area contributed by atoms with Crippen LogP contribution in [0.3, 0.4) is 0 Å². The van der Waals surface area contributed by atoms with E-state index in [0.29, 0.717) is 41.1 Å². The predicted octanol–water partition coefficient (Wildman–Crippen LogP) is 4.22. The average molecular weight is 619 g/mol. The minimum atomic E-state index is -3.67. The number of imidazole rings is 1. The number of piperidine rings is 1. The summed E-state index contributed by atoms with van der Waals surface area (Å²) < 4.78 is 33.6. The van der Waals surface area contributed by atoms with Crippen LogP contribution >= 0.6 is 11.6 Å². The molecule has 0 saturated carbocycles. The van der Waals surface area contributed by atoms with Gasteiger partial charge in [0.05, 0.1) is 16.3 Å². The maximum Gasteiger partial charge on any atom is 0.243 e. The Kier molecular flexibility index (Phi) is 8.37. The summed E-state index contributed by atoms with van der Waals surface area (Å²) in [5.74, 6) is 1.05. The molecule has 0 bridgehead atoms. The number of H-pyrrole nitrogens is 1. The van der Waals surface area contributed by atoms with E-state index in [1.165, 1.54) is 16.4 Å². The number of hydrogen-bond donors (Lipinski definition) is 3. The topological polar surface area (TPSA) is 151 Å². The van der Waals surface area contributed by atoms with E-state index in [-0.39, 0.29) is 17.5 Å². The third kappa shape index (κ3) is 6.24. The monoisotopic (exact) mass is 618 g/mol. The number of ether oxygens (including phenoxy) is 1. The zero-order valence-electron chi connectivity index (χ0n) is 23.4. The summed E-state index contributed by atoms with van der Waals surface area (Å²) in [6, 6.07) is 17.6. The molecule has 6 rings (SSSR count). The molecule has 0 radical (unpaired) electrons. The fourth-order valence-corrected chi connectivity index (χ4v) is 6.85. The number of anilines is 1. The Labute approximate surface area is 255 Å². The molecule has 11 nitrogen and oxygen atoms in total. The molecule has 3 atom stereocenters. The van der Waals surface area contributed by atoms with Crippen LogP contribution in [-0.2, 0) is 14.8 Å². The number of halogens is 1. The maximum absolute atomic E-state index is 13.3. The van der Waals surface area contributed by atoms with Crippen LogP contribution in [0, 0.1) is 0 Å². The van der Waals surface area contributed by atoms with Crippen molar-refractivity contribution in [2.45, 2.75) is 36.0 Å². The highest BCUT2D eigenvalue weighted by atomic mass is 35.5. The van der Waals surface area contributed by atoms with E-state index >= 15 is 0 Å². The number of aromatic nitrogens is 4. The number of sulfonamides is 1. The number of methoxy groups -OCH3 is 1. The molecular formula is C30H31ClN8O3S. The van der Waals surface area contributed by atoms with Gasteiger partial charge in [-0.25, -0.2) is 23.4 Å². The number of benzene rings is 2. The SMILES string of the molecule is COC1C=C(c2[nH]c(-c3ccccc3)nc2-c2ccnc(N[C@H]3CCCN(S(=O)(=O)c4ccc(Cl)cc4)C3)n2)C=NC1N. The summed E-state index contributed by atoms with van der Waals surface area (Å²) in [5.41, 5.74) is 9.71. The number of rotatable bonds is 8. The van der Waals surface area contributed by atoms with E-state index in [9.17, 15) is 8.42 Å². The predicted molar refractivity (Wildman–Crippen MR) is 167 cm³/mol. The molecule has 2 aromatic heterocycles. The highest BCUT2D eigenvalue weighted by molar-refractivity contribution is 7.89. The quantitative estimate of drug-likeness (QED) is 0.265. The molecule has 1 fully saturated rings. The van der Waals surface area contributed by atoms with Crippen LogP contribution in [0.5, 0.6) is 0 Å². The second-order valence-electron chi connectivity index (χ2n) is 10.3. The molecule has 2 unspecified atom stereocenters. The third-order valence-corrected chi connectivity index (χ3v) is 9.58. The highest BCUT2D eigenvalue weighted by Gasteiger charge is 2.31. The Hall–Kier alpha value is -3.94. The Morgan fingerprint density at radius 2 is 1.88 bits per heavy atom. The molecular weight excluding hydrogens is 588 g/mol. The second-order valence-corrected chi connectivity index (χ2v) is 12.7. The van der Waals surface area contributed by atoms with Crippen molar-refractivity contribution in [1.29, 1.82) is 0 Å². The molecule has 0 spiro atoms. The first-order valence-electron chi connectivity index (χ1n) is 13.9. The molecule has 13 heteroatoms. The van der Waals surface area contributed by atoms with E-state index < -0.39 is 22.3 Å². The van der Waals surface area contributed by atoms with Crippen molar-refractivity contribution >= 4 is 39.4 Å². The van der Waals surface area contributed by atoms with Gasteiger partial charge in [-0.3, -0.25) is 4.99 Å². The Morgan fingerprint density at radius 3 is 2.65 bits per heavy atom. The van der Waals surface area contributed by atoms with Gasteiger partial charge in [0.25, 0.3) is 0 Å². The van der Waals surface area contributed by atoms with Gasteiger partial charge >= 0.3 is 0 Å². The van der Waals surface area contributed by atoms with Gasteiger partial charge in [0, 0.05) is 54.8 Å². The van der Waals surface area contributed by atoms with Gasteiger partial charge in [-0.05, 0) is 49.2 Å². The van der Waals surface area contributed by atoms with Crippen LogP contribution in [-0.4, -0.2) is 77.4 Å². The van der Waals surface area contributed by atoms with Crippen LogP contribution in [0.4, 0.5) is 5.95 Å². The zero-order chi connectivity index (χ0) is 30.0. The summed E-state index contributed by atoms with van der Waals surface area (Å²) in [7, 11) is -2.07. The average Bonchev–Trinajstić information content (AvgIpc) is 3.48. The summed E-state index contributed by atoms with van der Waals surface area (Å²) in [6.07, 6.45) is 5.87. The van der Waals surface area contributed by atoms with E-state index in [2.05, 4.69) is 20.3 Å². The first kappa shape index (κ1) is 29.1. The lowest BCUT2D eigenvalue weighted by Crippen LogP contribution is -2.45. The minimum absolute atomic E-state index is 0.179. The molecule has 4 aromatic rings. The lowest BCUT2D eigenvalue weighted by atomic mass is 10.0. The minimum Gasteiger partial charge on any atom is -0.374 e. The molecule has 2 aromatic carbocycles. The highest BCUT2D eigenvalue weighted by Crippen LogP contribution is 2.31. The largest absolute Gasteiger partial charge is 0.374 e. The van der Waals surface area contributed by atoms with Gasteiger partial charge in [-0.1, -0.05) is 41.9 Å². The molecule has 0 aliphatic carbocycles. The van der Waals surface area contributed by atoms with Gasteiger partial charge in [-0.15, -0.1) is 0 Å². The number of allylic oxidation sites excluding steroid dienone is 1. The van der Waals surface area contributed by atoms with E-state index in [1.807, 2.05) is 36.4 Å². The van der Waals surface area contributed by atoms with Crippen molar-refractivity contribution in [1.82, 2.24) is 24.2 Å². The number of aliphatic imine (C=N–C) groups is 1. The maximum atomic E-state index is 13.3.